The molecule has 34 heavy (non-hydrogen) atoms. The standard InChI is InChI=1S/C24H26Cl2F3NO4/c1-13(24(27,28)29)21(14-5-8-16(25)9-6-14)22(33)30-19-11-15(7-10-18(19)26)17(12-20(31)32)23(2,3)34-4/h5-11,13,17,21H,12H2,1-4H3,(H,30,33)(H,31,32). The fourth-order valence-electron chi connectivity index (χ4n) is 3.67. The Morgan fingerprint density at radius 3 is 2.12 bits per heavy atom. The molecule has 0 saturated carbocycles. The summed E-state index contributed by atoms with van der Waals surface area (Å²) >= 11 is 12.1. The summed E-state index contributed by atoms with van der Waals surface area (Å²) in [5, 5.41) is 12.3. The van der Waals surface area contributed by atoms with Crippen LogP contribution in [0.4, 0.5) is 18.9 Å². The summed E-state index contributed by atoms with van der Waals surface area (Å²) in [6.45, 7) is 4.37. The van der Waals surface area contributed by atoms with E-state index in [0.29, 0.717) is 10.6 Å². The van der Waals surface area contributed by atoms with Gasteiger partial charge in [0.1, 0.15) is 0 Å². The summed E-state index contributed by atoms with van der Waals surface area (Å²) in [4.78, 5) is 24.6. The number of hydrogen-bond donors (Lipinski definition) is 2. The van der Waals surface area contributed by atoms with Crippen molar-refractivity contribution in [1.82, 2.24) is 0 Å². The molecule has 2 rings (SSSR count). The second kappa shape index (κ2) is 11.0. The van der Waals surface area contributed by atoms with Gasteiger partial charge in [-0.3, -0.25) is 9.59 Å². The first kappa shape index (κ1) is 28.0. The Morgan fingerprint density at radius 1 is 1.06 bits per heavy atom. The van der Waals surface area contributed by atoms with Crippen molar-refractivity contribution in [3.63, 3.8) is 0 Å². The molecule has 0 aromatic heterocycles. The molecule has 0 bridgehead atoms. The van der Waals surface area contributed by atoms with E-state index in [-0.39, 0.29) is 22.7 Å². The normalized spacial score (nSPS) is 14.9. The van der Waals surface area contributed by atoms with Gasteiger partial charge in [0.2, 0.25) is 5.91 Å². The topological polar surface area (TPSA) is 75.6 Å². The monoisotopic (exact) mass is 519 g/mol. The van der Waals surface area contributed by atoms with Gasteiger partial charge in [-0.25, -0.2) is 0 Å². The van der Waals surface area contributed by atoms with E-state index in [1.54, 1.807) is 19.9 Å². The lowest BCUT2D eigenvalue weighted by molar-refractivity contribution is -0.178. The van der Waals surface area contributed by atoms with Gasteiger partial charge in [0.05, 0.1) is 34.6 Å². The number of amides is 1. The molecule has 0 aliphatic carbocycles. The first-order valence-electron chi connectivity index (χ1n) is 10.4. The van der Waals surface area contributed by atoms with Crippen LogP contribution in [0.25, 0.3) is 0 Å². The first-order chi connectivity index (χ1) is 15.7. The summed E-state index contributed by atoms with van der Waals surface area (Å²) in [7, 11) is 1.45. The van der Waals surface area contributed by atoms with Gasteiger partial charge < -0.3 is 15.2 Å². The van der Waals surface area contributed by atoms with E-state index in [1.165, 1.54) is 43.5 Å². The number of carboxylic acids is 1. The molecule has 0 aliphatic rings. The maximum Gasteiger partial charge on any atom is 0.392 e. The van der Waals surface area contributed by atoms with Gasteiger partial charge in [0.25, 0.3) is 0 Å². The number of aliphatic carboxylic acids is 1. The molecule has 2 aromatic carbocycles. The zero-order valence-corrected chi connectivity index (χ0v) is 20.6. The molecule has 0 spiro atoms. The predicted molar refractivity (Wildman–Crippen MR) is 126 cm³/mol. The molecular weight excluding hydrogens is 494 g/mol. The molecule has 0 fully saturated rings. The van der Waals surface area contributed by atoms with Crippen LogP contribution >= 0.6 is 23.2 Å². The average molecular weight is 520 g/mol. The van der Waals surface area contributed by atoms with Crippen LogP contribution in [0.2, 0.25) is 10.0 Å². The number of nitrogens with one attached hydrogen (secondary N) is 1. The van der Waals surface area contributed by atoms with Crippen LogP contribution in [0.15, 0.2) is 42.5 Å². The molecule has 0 heterocycles. The van der Waals surface area contributed by atoms with E-state index in [4.69, 9.17) is 27.9 Å². The van der Waals surface area contributed by atoms with E-state index in [0.717, 1.165) is 6.92 Å². The van der Waals surface area contributed by atoms with E-state index in [2.05, 4.69) is 5.32 Å². The van der Waals surface area contributed by atoms with E-state index >= 15 is 0 Å². The van der Waals surface area contributed by atoms with Crippen LogP contribution in [0.5, 0.6) is 0 Å². The smallest absolute Gasteiger partial charge is 0.392 e. The van der Waals surface area contributed by atoms with Crippen molar-refractivity contribution in [3.8, 4) is 0 Å². The minimum absolute atomic E-state index is 0.0693. The van der Waals surface area contributed by atoms with Crippen molar-refractivity contribution < 1.29 is 32.6 Å². The predicted octanol–water partition coefficient (Wildman–Crippen LogP) is 6.90. The molecule has 0 saturated heterocycles. The fourth-order valence-corrected chi connectivity index (χ4v) is 3.96. The van der Waals surface area contributed by atoms with E-state index in [1.807, 2.05) is 0 Å². The van der Waals surface area contributed by atoms with Gasteiger partial charge >= 0.3 is 12.1 Å². The number of hydrogen-bond acceptors (Lipinski definition) is 3. The largest absolute Gasteiger partial charge is 0.481 e. The third kappa shape index (κ3) is 6.87. The number of alkyl halides is 3. The summed E-state index contributed by atoms with van der Waals surface area (Å²) in [5.74, 6) is -6.15. The Hall–Kier alpha value is -2.29. The number of carbonyl (C=O) groups excluding carboxylic acids is 1. The molecule has 0 aliphatic heterocycles. The van der Waals surface area contributed by atoms with Gasteiger partial charge in [0, 0.05) is 18.1 Å². The van der Waals surface area contributed by atoms with Crippen molar-refractivity contribution in [2.45, 2.75) is 50.8 Å². The van der Waals surface area contributed by atoms with Crippen molar-refractivity contribution in [3.05, 3.63) is 63.6 Å². The number of ether oxygens (including phenoxy) is 1. The Bertz CT molecular complexity index is 1030. The van der Waals surface area contributed by atoms with Gasteiger partial charge in [0.15, 0.2) is 0 Å². The Morgan fingerprint density at radius 2 is 1.62 bits per heavy atom. The van der Waals surface area contributed by atoms with Crippen LogP contribution in [0.3, 0.4) is 0 Å². The van der Waals surface area contributed by atoms with Crippen LogP contribution in [0, 0.1) is 5.92 Å². The highest BCUT2D eigenvalue weighted by molar-refractivity contribution is 6.33. The molecule has 10 heteroatoms. The highest BCUT2D eigenvalue weighted by atomic mass is 35.5. The van der Waals surface area contributed by atoms with E-state index < -0.39 is 41.4 Å². The fraction of sp³-hybridized carbons (Fsp3) is 0.417. The average Bonchev–Trinajstić information content (AvgIpc) is 2.74. The van der Waals surface area contributed by atoms with Gasteiger partial charge in [-0.15, -0.1) is 0 Å². The summed E-state index contributed by atoms with van der Waals surface area (Å²) < 4.78 is 46.3. The number of rotatable bonds is 9. The Labute approximate surface area is 206 Å². The second-order valence-corrected chi connectivity index (χ2v) is 9.39. The highest BCUT2D eigenvalue weighted by Gasteiger charge is 2.45. The van der Waals surface area contributed by atoms with Crippen LogP contribution in [-0.4, -0.2) is 35.9 Å². The Kier molecular flexibility index (Phi) is 9.02. The van der Waals surface area contributed by atoms with Gasteiger partial charge in [-0.05, 0) is 49.2 Å². The van der Waals surface area contributed by atoms with Crippen LogP contribution < -0.4 is 5.32 Å². The van der Waals surface area contributed by atoms with Gasteiger partial charge in [-0.2, -0.15) is 13.2 Å². The SMILES string of the molecule is COC(C)(C)C(CC(=O)O)c1ccc(Cl)c(NC(=O)C(c2ccc(Cl)cc2)C(C)C(F)(F)F)c1. The lowest BCUT2D eigenvalue weighted by atomic mass is 9.82. The van der Waals surface area contributed by atoms with Crippen molar-refractivity contribution in [2.75, 3.05) is 12.4 Å². The van der Waals surface area contributed by atoms with Gasteiger partial charge in [-0.1, -0.05) is 48.3 Å². The third-order valence-corrected chi connectivity index (χ3v) is 6.50. The zero-order chi connectivity index (χ0) is 25.8. The first-order valence-corrected chi connectivity index (χ1v) is 11.1. The van der Waals surface area contributed by atoms with E-state index in [9.17, 15) is 27.9 Å². The minimum atomic E-state index is -4.64. The minimum Gasteiger partial charge on any atom is -0.481 e. The molecular formula is C24H26Cl2F3NO4. The molecule has 2 aromatic rings. The highest BCUT2D eigenvalue weighted by Crippen LogP contribution is 2.40. The second-order valence-electron chi connectivity index (χ2n) is 8.55. The number of benzene rings is 2. The lowest BCUT2D eigenvalue weighted by Gasteiger charge is -2.33. The maximum atomic E-state index is 13.6. The maximum absolute atomic E-state index is 13.6. The molecule has 2 N–H and O–H groups in total. The van der Waals surface area contributed by atoms with Crippen molar-refractivity contribution >= 4 is 40.8 Å². The zero-order valence-electron chi connectivity index (χ0n) is 19.0. The molecule has 186 valence electrons. The van der Waals surface area contributed by atoms with Crippen LogP contribution in [-0.2, 0) is 14.3 Å². The molecule has 5 nitrogen and oxygen atoms in total. The summed E-state index contributed by atoms with van der Waals surface area (Å²) in [6, 6.07) is 10.1. The molecule has 1 amide bonds. The summed E-state index contributed by atoms with van der Waals surface area (Å²) in [6.07, 6.45) is -4.91. The van der Waals surface area contributed by atoms with Crippen molar-refractivity contribution in [1.29, 1.82) is 0 Å². The Balaban J connectivity index is 2.47. The lowest BCUT2D eigenvalue weighted by Crippen LogP contribution is -2.35. The molecule has 0 radical (unpaired) electrons. The number of carbonyl (C=O) groups is 2. The number of methoxy groups -OCH3 is 1. The molecule has 3 atom stereocenters. The third-order valence-electron chi connectivity index (χ3n) is 5.92. The van der Waals surface area contributed by atoms with Crippen molar-refractivity contribution in [2.24, 2.45) is 5.92 Å². The number of halogens is 5. The number of anilines is 1. The molecule has 3 unspecified atom stereocenters. The number of carboxylic acid groups (broad SMARTS) is 1. The summed E-state index contributed by atoms with van der Waals surface area (Å²) in [5.41, 5.74) is -0.173. The quantitative estimate of drug-likeness (QED) is 0.377. The van der Waals surface area contributed by atoms with Crippen LogP contribution in [0.1, 0.15) is 50.2 Å².